The van der Waals surface area contributed by atoms with Crippen molar-refractivity contribution in [2.75, 3.05) is 28.4 Å². The lowest BCUT2D eigenvalue weighted by Gasteiger charge is -2.41. The number of rotatable bonds is 11. The molecule has 3 atom stereocenters. The van der Waals surface area contributed by atoms with Gasteiger partial charge in [-0.15, -0.1) is 0 Å². The fourth-order valence-corrected chi connectivity index (χ4v) is 7.63. The summed E-state index contributed by atoms with van der Waals surface area (Å²) in [6, 6.07) is 0. The minimum atomic E-state index is -4.32. The fraction of sp³-hybridized carbons (Fsp3) is 0.615. The van der Waals surface area contributed by atoms with E-state index in [0.29, 0.717) is 12.8 Å². The molecule has 0 radical (unpaired) electrons. The van der Waals surface area contributed by atoms with E-state index in [2.05, 4.69) is 20.8 Å². The monoisotopic (exact) mass is 494 g/mol. The second kappa shape index (κ2) is 10.8. The van der Waals surface area contributed by atoms with E-state index < -0.39 is 35.1 Å². The lowest BCUT2D eigenvalue weighted by Crippen LogP contribution is -2.51. The second-order valence-corrected chi connectivity index (χ2v) is 13.0. The van der Waals surface area contributed by atoms with Crippen molar-refractivity contribution in [2.24, 2.45) is 5.41 Å². The molecule has 0 bridgehead atoms. The van der Waals surface area contributed by atoms with Gasteiger partial charge >= 0.3 is 0 Å². The molecule has 0 aromatic rings. The molecule has 7 nitrogen and oxygen atoms in total. The summed E-state index contributed by atoms with van der Waals surface area (Å²) in [5, 5.41) is 0. The third-order valence-corrected chi connectivity index (χ3v) is 10.2. The molecule has 8 heteroatoms. The van der Waals surface area contributed by atoms with E-state index >= 15 is 4.57 Å². The van der Waals surface area contributed by atoms with E-state index in [1.54, 1.807) is 43.4 Å². The van der Waals surface area contributed by atoms with Gasteiger partial charge in [-0.05, 0) is 30.4 Å². The first-order valence-corrected chi connectivity index (χ1v) is 13.3. The van der Waals surface area contributed by atoms with Gasteiger partial charge in [0.15, 0.2) is 11.2 Å². The largest absolute Gasteiger partial charge is 0.497 e. The van der Waals surface area contributed by atoms with E-state index in [4.69, 9.17) is 18.9 Å². The number of carbonyl (C=O) groups excluding carboxylic acids is 2. The van der Waals surface area contributed by atoms with Gasteiger partial charge in [0.25, 0.3) is 0 Å². The van der Waals surface area contributed by atoms with Crippen LogP contribution in [0.3, 0.4) is 0 Å². The van der Waals surface area contributed by atoms with Crippen LogP contribution in [-0.2, 0) is 33.1 Å². The van der Waals surface area contributed by atoms with Crippen molar-refractivity contribution in [3.63, 3.8) is 0 Å². The van der Waals surface area contributed by atoms with Crippen LogP contribution in [0.1, 0.15) is 53.4 Å². The lowest BCUT2D eigenvalue weighted by atomic mass is 9.90. The van der Waals surface area contributed by atoms with Gasteiger partial charge in [0.2, 0.25) is 18.2 Å². The molecule has 0 N–H and O–H groups in total. The predicted octanol–water partition coefficient (Wildman–Crippen LogP) is 5.37. The number of ether oxygens (including phenoxy) is 4. The molecule has 2 aliphatic rings. The first kappa shape index (κ1) is 28.3. The first-order chi connectivity index (χ1) is 15.9. The van der Waals surface area contributed by atoms with Crippen LogP contribution < -0.4 is 0 Å². The Balaban J connectivity index is 2.71. The second-order valence-electron chi connectivity index (χ2n) is 10.0. The summed E-state index contributed by atoms with van der Waals surface area (Å²) in [7, 11) is 1.27. The maximum absolute atomic E-state index is 15.0. The molecule has 0 saturated heterocycles. The van der Waals surface area contributed by atoms with Gasteiger partial charge in [0.1, 0.15) is 11.5 Å². The number of carbonyl (C=O) groups is 2. The van der Waals surface area contributed by atoms with Crippen molar-refractivity contribution in [3.8, 4) is 0 Å². The van der Waals surface area contributed by atoms with Gasteiger partial charge in [0.05, 0.1) is 14.2 Å². The zero-order valence-corrected chi connectivity index (χ0v) is 22.6. The summed E-state index contributed by atoms with van der Waals surface area (Å²) in [4.78, 5) is 28.7. The van der Waals surface area contributed by atoms with Gasteiger partial charge in [-0.2, -0.15) is 0 Å². The maximum Gasteiger partial charge on any atom is 0.238 e. The van der Waals surface area contributed by atoms with Gasteiger partial charge in [-0.1, -0.05) is 52.0 Å². The number of methoxy groups -OCH3 is 4. The zero-order valence-electron chi connectivity index (χ0n) is 21.7. The summed E-state index contributed by atoms with van der Waals surface area (Å²) < 4.78 is 37.4. The molecular formula is C26H39O7P. The molecule has 0 saturated carbocycles. The molecule has 0 fully saturated rings. The summed E-state index contributed by atoms with van der Waals surface area (Å²) in [6.45, 7) is 7.91. The van der Waals surface area contributed by atoms with Crippen molar-refractivity contribution in [3.05, 3.63) is 48.0 Å². The van der Waals surface area contributed by atoms with Crippen LogP contribution in [0.2, 0.25) is 0 Å². The molecule has 0 heterocycles. The highest BCUT2D eigenvalue weighted by atomic mass is 31.2. The smallest absolute Gasteiger partial charge is 0.238 e. The Hall–Kier alpha value is -1.95. The third-order valence-electron chi connectivity index (χ3n) is 6.74. The average molecular weight is 495 g/mol. The molecule has 2 rings (SSSR count). The number of hydrogen-bond acceptors (Lipinski definition) is 7. The Morgan fingerprint density at radius 3 is 1.65 bits per heavy atom. The van der Waals surface area contributed by atoms with E-state index in [1.807, 2.05) is 0 Å². The molecule has 0 amide bonds. The lowest BCUT2D eigenvalue weighted by molar-refractivity contribution is -0.136. The minimum Gasteiger partial charge on any atom is -0.497 e. The fourth-order valence-electron chi connectivity index (χ4n) is 4.50. The predicted molar refractivity (Wildman–Crippen MR) is 133 cm³/mol. The molecule has 0 aliphatic heterocycles. The highest BCUT2D eigenvalue weighted by Crippen LogP contribution is 2.62. The molecule has 34 heavy (non-hydrogen) atoms. The van der Waals surface area contributed by atoms with Crippen molar-refractivity contribution in [1.29, 1.82) is 0 Å². The van der Waals surface area contributed by atoms with Gasteiger partial charge in [-0.3, -0.25) is 9.59 Å². The van der Waals surface area contributed by atoms with Crippen LogP contribution in [0.5, 0.6) is 0 Å². The van der Waals surface area contributed by atoms with Crippen molar-refractivity contribution in [2.45, 2.75) is 70.2 Å². The molecule has 0 aromatic carbocycles. The minimum absolute atomic E-state index is 0.0700. The van der Waals surface area contributed by atoms with Crippen LogP contribution >= 0.6 is 7.14 Å². The Bertz CT molecular complexity index is 891. The first-order valence-electron chi connectivity index (χ1n) is 11.5. The quantitative estimate of drug-likeness (QED) is 0.357. The Labute approximate surface area is 203 Å². The van der Waals surface area contributed by atoms with E-state index in [9.17, 15) is 9.59 Å². The Morgan fingerprint density at radius 1 is 0.912 bits per heavy atom. The van der Waals surface area contributed by atoms with Gasteiger partial charge < -0.3 is 23.5 Å². The van der Waals surface area contributed by atoms with Gasteiger partial charge in [-0.25, -0.2) is 0 Å². The van der Waals surface area contributed by atoms with E-state index in [0.717, 1.165) is 0 Å². The summed E-state index contributed by atoms with van der Waals surface area (Å²) >= 11 is 0. The molecule has 190 valence electrons. The topological polar surface area (TPSA) is 88.1 Å². The standard InChI is InChI=1S/C26H39O7P/c1-19(15-18-24(2,3)4)34(29,22(27)25(32-7)16-11-9-13-20(25)30-5)23(28)26(33-8)17-12-10-14-21(26)31-6/h9-14,19H,15-18H2,1-8H3. The average Bonchev–Trinajstić information content (AvgIpc) is 2.84. The van der Waals surface area contributed by atoms with Crippen LogP contribution in [0.25, 0.3) is 0 Å². The highest BCUT2D eigenvalue weighted by molar-refractivity contribution is 7.95. The van der Waals surface area contributed by atoms with Crippen LogP contribution in [0.15, 0.2) is 48.0 Å². The van der Waals surface area contributed by atoms with Crippen molar-refractivity contribution < 1.29 is 33.1 Å². The molecule has 3 unspecified atom stereocenters. The molecular weight excluding hydrogens is 455 g/mol. The maximum atomic E-state index is 15.0. The summed E-state index contributed by atoms with van der Waals surface area (Å²) in [5.41, 5.74) is -5.68. The van der Waals surface area contributed by atoms with Gasteiger partial charge in [0, 0.05) is 32.7 Å². The zero-order chi connectivity index (χ0) is 25.8. The van der Waals surface area contributed by atoms with E-state index in [1.165, 1.54) is 28.4 Å². The number of hydrogen-bond donors (Lipinski definition) is 0. The SMILES string of the molecule is COC1=CC=CCC1(OC)C(=O)P(=O)(C(=O)C1(OC)CC=CC=C1OC)C(C)CCC(C)(C)C. The third kappa shape index (κ3) is 4.89. The van der Waals surface area contributed by atoms with Crippen LogP contribution in [-0.4, -0.2) is 56.3 Å². The van der Waals surface area contributed by atoms with E-state index in [-0.39, 0.29) is 29.8 Å². The van der Waals surface area contributed by atoms with Crippen molar-refractivity contribution >= 4 is 18.2 Å². The molecule has 0 aromatic heterocycles. The van der Waals surface area contributed by atoms with Crippen LogP contribution in [0.4, 0.5) is 0 Å². The van der Waals surface area contributed by atoms with Crippen molar-refractivity contribution in [1.82, 2.24) is 0 Å². The highest BCUT2D eigenvalue weighted by Gasteiger charge is 2.62. The van der Waals surface area contributed by atoms with Crippen LogP contribution in [0, 0.1) is 5.41 Å². The molecule has 2 aliphatic carbocycles. The molecule has 0 spiro atoms. The number of allylic oxidation sites excluding steroid dienone is 4. The summed E-state index contributed by atoms with van der Waals surface area (Å²) in [5.74, 6) is 0.437. The normalized spacial score (nSPS) is 27.3. The summed E-state index contributed by atoms with van der Waals surface area (Å²) in [6.07, 6.45) is 11.5. The Kier molecular flexibility index (Phi) is 8.95. The Morgan fingerprint density at radius 2 is 1.32 bits per heavy atom.